The Balaban J connectivity index is 1.70. The van der Waals surface area contributed by atoms with Gasteiger partial charge in [-0.25, -0.2) is 9.18 Å². The lowest BCUT2D eigenvalue weighted by atomic mass is 10.0. The van der Waals surface area contributed by atoms with Gasteiger partial charge < -0.3 is 16.0 Å². The minimum atomic E-state index is -0.414. The fraction of sp³-hybridized carbons (Fsp3) is 0.400. The van der Waals surface area contributed by atoms with Crippen LogP contribution in [-0.4, -0.2) is 36.0 Å². The SMILES string of the molecule is NC(=O)N1CCC(NC(=O)[CH]Cc2ccc(F)cc2)CC1. The summed E-state index contributed by atoms with van der Waals surface area (Å²) in [5.41, 5.74) is 6.09. The van der Waals surface area contributed by atoms with Gasteiger partial charge >= 0.3 is 6.03 Å². The molecule has 1 aliphatic rings. The van der Waals surface area contributed by atoms with Gasteiger partial charge in [-0.3, -0.25) is 4.79 Å². The van der Waals surface area contributed by atoms with E-state index in [2.05, 4.69) is 5.32 Å². The average Bonchev–Trinajstić information content (AvgIpc) is 2.47. The smallest absolute Gasteiger partial charge is 0.314 e. The third kappa shape index (κ3) is 4.73. The molecule has 3 amide bonds. The van der Waals surface area contributed by atoms with Gasteiger partial charge in [-0.05, 0) is 37.0 Å². The van der Waals surface area contributed by atoms with Gasteiger partial charge in [0.05, 0.1) is 6.42 Å². The number of hydrogen-bond acceptors (Lipinski definition) is 2. The number of benzene rings is 1. The summed E-state index contributed by atoms with van der Waals surface area (Å²) in [5.74, 6) is -0.429. The number of carbonyl (C=O) groups excluding carboxylic acids is 2. The summed E-state index contributed by atoms with van der Waals surface area (Å²) in [7, 11) is 0. The lowest BCUT2D eigenvalue weighted by molar-refractivity contribution is -0.118. The minimum Gasteiger partial charge on any atom is -0.353 e. The van der Waals surface area contributed by atoms with Gasteiger partial charge in [-0.15, -0.1) is 0 Å². The number of primary amides is 1. The van der Waals surface area contributed by atoms with E-state index in [-0.39, 0.29) is 17.8 Å². The Bertz CT molecular complexity index is 496. The number of carbonyl (C=O) groups is 2. The van der Waals surface area contributed by atoms with E-state index in [0.29, 0.717) is 32.4 Å². The summed E-state index contributed by atoms with van der Waals surface area (Å²) in [5, 5.41) is 2.91. The number of hydrogen-bond donors (Lipinski definition) is 2. The Morgan fingerprint density at radius 3 is 2.48 bits per heavy atom. The summed E-state index contributed by atoms with van der Waals surface area (Å²) in [6.07, 6.45) is 3.43. The molecular weight excluding hydrogens is 273 g/mol. The maximum atomic E-state index is 12.8. The average molecular weight is 292 g/mol. The molecule has 3 N–H and O–H groups in total. The lowest BCUT2D eigenvalue weighted by Gasteiger charge is -2.31. The van der Waals surface area contributed by atoms with E-state index in [9.17, 15) is 14.0 Å². The molecule has 0 unspecified atom stereocenters. The number of rotatable bonds is 4. The monoisotopic (exact) mass is 292 g/mol. The van der Waals surface area contributed by atoms with Crippen LogP contribution in [0.5, 0.6) is 0 Å². The molecule has 1 radical (unpaired) electrons. The van der Waals surface area contributed by atoms with Gasteiger partial charge in [0.25, 0.3) is 0 Å². The van der Waals surface area contributed by atoms with E-state index in [4.69, 9.17) is 5.73 Å². The van der Waals surface area contributed by atoms with Gasteiger partial charge in [-0.1, -0.05) is 12.1 Å². The molecule has 0 spiro atoms. The first-order valence-corrected chi connectivity index (χ1v) is 6.97. The molecule has 5 nitrogen and oxygen atoms in total. The summed E-state index contributed by atoms with van der Waals surface area (Å²) in [4.78, 5) is 24.4. The molecule has 113 valence electrons. The molecule has 2 rings (SSSR count). The molecule has 0 aliphatic carbocycles. The molecule has 0 aromatic heterocycles. The second-order valence-electron chi connectivity index (χ2n) is 5.14. The molecule has 1 aromatic rings. The van der Waals surface area contributed by atoms with Crippen LogP contribution in [0.4, 0.5) is 9.18 Å². The highest BCUT2D eigenvalue weighted by Crippen LogP contribution is 2.10. The summed E-state index contributed by atoms with van der Waals surface area (Å²) in [6.45, 7) is 1.14. The van der Waals surface area contributed by atoms with Crippen LogP contribution in [0.2, 0.25) is 0 Å². The van der Waals surface area contributed by atoms with E-state index in [1.807, 2.05) is 0 Å². The highest BCUT2D eigenvalue weighted by Gasteiger charge is 2.22. The maximum Gasteiger partial charge on any atom is 0.314 e. The molecule has 6 heteroatoms. The molecule has 0 bridgehead atoms. The maximum absolute atomic E-state index is 12.8. The van der Waals surface area contributed by atoms with Crippen molar-refractivity contribution in [2.45, 2.75) is 25.3 Å². The Hall–Kier alpha value is -2.11. The number of nitrogens with zero attached hydrogens (tertiary/aromatic N) is 1. The van der Waals surface area contributed by atoms with E-state index in [1.165, 1.54) is 12.1 Å². The van der Waals surface area contributed by atoms with Crippen molar-refractivity contribution in [3.63, 3.8) is 0 Å². The van der Waals surface area contributed by atoms with Crippen LogP contribution in [0.25, 0.3) is 0 Å². The molecule has 1 aliphatic heterocycles. The molecule has 1 heterocycles. The van der Waals surface area contributed by atoms with Crippen molar-refractivity contribution in [1.29, 1.82) is 0 Å². The van der Waals surface area contributed by atoms with Gasteiger partial charge in [0.1, 0.15) is 5.82 Å². The topological polar surface area (TPSA) is 75.4 Å². The molecule has 1 saturated heterocycles. The minimum absolute atomic E-state index is 0.0672. The zero-order valence-electron chi connectivity index (χ0n) is 11.7. The Morgan fingerprint density at radius 2 is 1.90 bits per heavy atom. The van der Waals surface area contributed by atoms with E-state index < -0.39 is 6.03 Å². The first kappa shape index (κ1) is 15.3. The fourth-order valence-electron chi connectivity index (χ4n) is 2.34. The van der Waals surface area contributed by atoms with Gasteiger partial charge in [-0.2, -0.15) is 0 Å². The highest BCUT2D eigenvalue weighted by molar-refractivity contribution is 5.85. The van der Waals surface area contributed by atoms with Gasteiger partial charge in [0.15, 0.2) is 0 Å². The van der Waals surface area contributed by atoms with E-state index in [1.54, 1.807) is 23.5 Å². The standard InChI is InChI=1S/C15H19FN3O2/c16-12-4-1-11(2-5-12)3-6-14(20)18-13-7-9-19(10-8-13)15(17)21/h1-2,4-6,13H,3,7-10H2,(H2,17,21)(H,18,20). The van der Waals surface area contributed by atoms with E-state index >= 15 is 0 Å². The number of urea groups is 1. The predicted molar refractivity (Wildman–Crippen MR) is 76.7 cm³/mol. The normalized spacial score (nSPS) is 15.8. The number of amides is 3. The predicted octanol–water partition coefficient (Wildman–Crippen LogP) is 1.23. The second-order valence-corrected chi connectivity index (χ2v) is 5.14. The third-order valence-corrected chi connectivity index (χ3v) is 3.59. The number of likely N-dealkylation sites (tertiary alicyclic amines) is 1. The van der Waals surface area contributed by atoms with Crippen LogP contribution >= 0.6 is 0 Å². The largest absolute Gasteiger partial charge is 0.353 e. The Morgan fingerprint density at radius 1 is 1.29 bits per heavy atom. The van der Waals surface area contributed by atoms with Gasteiger partial charge in [0.2, 0.25) is 5.91 Å². The fourth-order valence-corrected chi connectivity index (χ4v) is 2.34. The Labute approximate surface area is 123 Å². The number of halogens is 1. The second kappa shape index (κ2) is 7.06. The first-order chi connectivity index (χ1) is 10.0. The van der Waals surface area contributed by atoms with Crippen molar-refractivity contribution < 1.29 is 14.0 Å². The third-order valence-electron chi connectivity index (χ3n) is 3.59. The van der Waals surface area contributed by atoms with Crippen molar-refractivity contribution in [3.05, 3.63) is 42.1 Å². The van der Waals surface area contributed by atoms with Crippen LogP contribution < -0.4 is 11.1 Å². The lowest BCUT2D eigenvalue weighted by Crippen LogP contribution is -2.48. The molecule has 0 atom stereocenters. The van der Waals surface area contributed by atoms with Crippen LogP contribution in [0, 0.1) is 12.2 Å². The van der Waals surface area contributed by atoms with Gasteiger partial charge in [0, 0.05) is 19.1 Å². The van der Waals surface area contributed by atoms with Crippen molar-refractivity contribution in [2.75, 3.05) is 13.1 Å². The molecule has 1 fully saturated rings. The van der Waals surface area contributed by atoms with Crippen LogP contribution in [-0.2, 0) is 11.2 Å². The van der Waals surface area contributed by atoms with E-state index in [0.717, 1.165) is 5.56 Å². The summed E-state index contributed by atoms with van der Waals surface area (Å²) < 4.78 is 12.8. The summed E-state index contributed by atoms with van der Waals surface area (Å²) in [6, 6.07) is 5.72. The molecule has 21 heavy (non-hydrogen) atoms. The first-order valence-electron chi connectivity index (χ1n) is 6.97. The Kier molecular flexibility index (Phi) is 5.14. The summed E-state index contributed by atoms with van der Waals surface area (Å²) >= 11 is 0. The van der Waals surface area contributed by atoms with Crippen molar-refractivity contribution in [2.24, 2.45) is 5.73 Å². The van der Waals surface area contributed by atoms with Crippen LogP contribution in [0.3, 0.4) is 0 Å². The van der Waals surface area contributed by atoms with Crippen LogP contribution in [0.1, 0.15) is 18.4 Å². The van der Waals surface area contributed by atoms with Crippen LogP contribution in [0.15, 0.2) is 24.3 Å². The zero-order chi connectivity index (χ0) is 15.2. The number of nitrogens with one attached hydrogen (secondary N) is 1. The highest BCUT2D eigenvalue weighted by atomic mass is 19.1. The van der Waals surface area contributed by atoms with Crippen molar-refractivity contribution in [1.82, 2.24) is 10.2 Å². The quantitative estimate of drug-likeness (QED) is 0.876. The van der Waals surface area contributed by atoms with Crippen molar-refractivity contribution in [3.8, 4) is 0 Å². The molecular formula is C15H19FN3O2. The zero-order valence-corrected chi connectivity index (χ0v) is 11.7. The number of piperidine rings is 1. The molecule has 0 saturated carbocycles. The number of nitrogens with two attached hydrogens (primary N) is 1. The molecule has 1 aromatic carbocycles. The van der Waals surface area contributed by atoms with Crippen molar-refractivity contribution >= 4 is 11.9 Å².